The molecule has 5 heteroatoms. The zero-order valence-electron chi connectivity index (χ0n) is 12.7. The van der Waals surface area contributed by atoms with Gasteiger partial charge in [-0.1, -0.05) is 23.7 Å². The molecular formula is C18H18ClFN2O. The van der Waals surface area contributed by atoms with E-state index in [1.165, 1.54) is 18.9 Å². The number of hydrogen-bond acceptors (Lipinski definition) is 2. The van der Waals surface area contributed by atoms with Gasteiger partial charge in [0, 0.05) is 30.8 Å². The van der Waals surface area contributed by atoms with Gasteiger partial charge in [0.2, 0.25) is 5.91 Å². The number of amides is 1. The molecule has 2 aromatic rings. The molecule has 1 aliphatic carbocycles. The predicted octanol–water partition coefficient (Wildman–Crippen LogP) is 4.00. The summed E-state index contributed by atoms with van der Waals surface area (Å²) in [6.07, 6.45) is 5.17. The van der Waals surface area contributed by atoms with E-state index >= 15 is 0 Å². The lowest BCUT2D eigenvalue weighted by molar-refractivity contribution is -0.121. The van der Waals surface area contributed by atoms with E-state index in [2.05, 4.69) is 10.3 Å². The third-order valence-corrected chi connectivity index (χ3v) is 4.25. The lowest BCUT2D eigenvalue weighted by atomic mass is 10.1. The van der Waals surface area contributed by atoms with Crippen LogP contribution in [0.3, 0.4) is 0 Å². The number of carbonyl (C=O) groups is 1. The Morgan fingerprint density at radius 1 is 1.26 bits per heavy atom. The third-order valence-electron chi connectivity index (χ3n) is 3.96. The molecular weight excluding hydrogens is 315 g/mol. The van der Waals surface area contributed by atoms with E-state index in [0.717, 1.165) is 16.8 Å². The van der Waals surface area contributed by atoms with Gasteiger partial charge in [-0.25, -0.2) is 4.39 Å². The Balaban J connectivity index is 1.44. The fourth-order valence-electron chi connectivity index (χ4n) is 2.40. The average Bonchev–Trinajstić information content (AvgIpc) is 3.39. The number of pyridine rings is 1. The quantitative estimate of drug-likeness (QED) is 0.868. The molecule has 23 heavy (non-hydrogen) atoms. The number of nitrogens with one attached hydrogen (secondary N) is 1. The van der Waals surface area contributed by atoms with Crippen LogP contribution in [-0.4, -0.2) is 10.9 Å². The van der Waals surface area contributed by atoms with Crippen LogP contribution in [0.2, 0.25) is 5.02 Å². The van der Waals surface area contributed by atoms with Gasteiger partial charge in [-0.3, -0.25) is 9.78 Å². The Morgan fingerprint density at radius 2 is 2.04 bits per heavy atom. The molecule has 1 heterocycles. The minimum atomic E-state index is -0.443. The first kappa shape index (κ1) is 15.9. The van der Waals surface area contributed by atoms with Gasteiger partial charge in [-0.15, -0.1) is 0 Å². The molecule has 1 fully saturated rings. The van der Waals surface area contributed by atoms with Crippen molar-refractivity contribution in [3.05, 3.63) is 64.2 Å². The molecule has 0 aliphatic heterocycles. The van der Waals surface area contributed by atoms with Crippen molar-refractivity contribution in [2.45, 2.75) is 38.1 Å². The fourth-order valence-corrected chi connectivity index (χ4v) is 2.61. The van der Waals surface area contributed by atoms with Crippen molar-refractivity contribution in [3.63, 3.8) is 0 Å². The number of aromatic nitrogens is 1. The summed E-state index contributed by atoms with van der Waals surface area (Å²) in [6.45, 7) is 0.473. The maximum atomic E-state index is 13.1. The molecule has 120 valence electrons. The second-order valence-electron chi connectivity index (χ2n) is 5.89. The van der Waals surface area contributed by atoms with Crippen molar-refractivity contribution >= 4 is 17.5 Å². The number of hydrogen-bond donors (Lipinski definition) is 1. The predicted molar refractivity (Wildman–Crippen MR) is 87.8 cm³/mol. The van der Waals surface area contributed by atoms with Crippen LogP contribution in [0.15, 0.2) is 36.5 Å². The lowest BCUT2D eigenvalue weighted by Gasteiger charge is -2.06. The molecule has 0 bridgehead atoms. The van der Waals surface area contributed by atoms with Gasteiger partial charge in [0.05, 0.1) is 5.02 Å². The van der Waals surface area contributed by atoms with Crippen molar-refractivity contribution in [2.24, 2.45) is 0 Å². The Hall–Kier alpha value is -1.94. The zero-order chi connectivity index (χ0) is 16.2. The lowest BCUT2D eigenvalue weighted by Crippen LogP contribution is -2.23. The average molecular weight is 333 g/mol. The maximum absolute atomic E-state index is 13.1. The highest BCUT2D eigenvalue weighted by Gasteiger charge is 2.24. The molecule has 1 aromatic heterocycles. The summed E-state index contributed by atoms with van der Waals surface area (Å²) in [5.74, 6) is 0.153. The van der Waals surface area contributed by atoms with Crippen molar-refractivity contribution in [1.82, 2.24) is 10.3 Å². The highest BCUT2D eigenvalue weighted by molar-refractivity contribution is 6.30. The number of aryl methyl sites for hydroxylation is 1. The first-order chi connectivity index (χ1) is 11.1. The van der Waals surface area contributed by atoms with E-state index in [9.17, 15) is 9.18 Å². The van der Waals surface area contributed by atoms with Gasteiger partial charge in [0.25, 0.3) is 0 Å². The van der Waals surface area contributed by atoms with E-state index in [-0.39, 0.29) is 10.9 Å². The molecule has 0 unspecified atom stereocenters. The standard InChI is InChI=1S/C18H18ClFN2O/c19-15-9-12(1-6-16(15)20)3-8-18(23)22-11-13-2-7-17(21-10-13)14-4-5-14/h1-2,6-7,9-10,14H,3-5,8,11H2,(H,22,23). The first-order valence-electron chi connectivity index (χ1n) is 7.77. The summed E-state index contributed by atoms with van der Waals surface area (Å²) < 4.78 is 13.1. The van der Waals surface area contributed by atoms with Gasteiger partial charge in [-0.2, -0.15) is 0 Å². The van der Waals surface area contributed by atoms with Crippen molar-refractivity contribution in [2.75, 3.05) is 0 Å². The molecule has 1 aromatic carbocycles. The highest BCUT2D eigenvalue weighted by atomic mass is 35.5. The van der Waals surface area contributed by atoms with Crippen molar-refractivity contribution < 1.29 is 9.18 Å². The van der Waals surface area contributed by atoms with Gasteiger partial charge in [0.15, 0.2) is 0 Å². The maximum Gasteiger partial charge on any atom is 0.220 e. The van der Waals surface area contributed by atoms with Gasteiger partial charge >= 0.3 is 0 Å². The Kier molecular flexibility index (Phi) is 4.91. The summed E-state index contributed by atoms with van der Waals surface area (Å²) in [5.41, 5.74) is 2.99. The number of rotatable bonds is 6. The third kappa shape index (κ3) is 4.52. The van der Waals surface area contributed by atoms with Crippen LogP contribution in [0, 0.1) is 5.82 Å². The molecule has 1 amide bonds. The molecule has 0 saturated heterocycles. The molecule has 0 atom stereocenters. The van der Waals surface area contributed by atoms with Crippen LogP contribution in [0.4, 0.5) is 4.39 Å². The Labute approximate surface area is 139 Å². The number of nitrogens with zero attached hydrogens (tertiary/aromatic N) is 1. The SMILES string of the molecule is O=C(CCc1ccc(F)c(Cl)c1)NCc1ccc(C2CC2)nc1. The molecule has 0 radical (unpaired) electrons. The summed E-state index contributed by atoms with van der Waals surface area (Å²) >= 11 is 5.73. The monoisotopic (exact) mass is 332 g/mol. The number of carbonyl (C=O) groups excluding carboxylic acids is 1. The molecule has 1 saturated carbocycles. The molecule has 1 aliphatic rings. The minimum absolute atomic E-state index is 0.0447. The second-order valence-corrected chi connectivity index (χ2v) is 6.30. The molecule has 0 spiro atoms. The zero-order valence-corrected chi connectivity index (χ0v) is 13.4. The van der Waals surface area contributed by atoms with Crippen LogP contribution in [0.5, 0.6) is 0 Å². The summed E-state index contributed by atoms with van der Waals surface area (Å²) in [7, 11) is 0. The van der Waals surface area contributed by atoms with E-state index in [4.69, 9.17) is 11.6 Å². The van der Waals surface area contributed by atoms with Crippen LogP contribution in [-0.2, 0) is 17.8 Å². The summed E-state index contributed by atoms with van der Waals surface area (Å²) in [4.78, 5) is 16.3. The first-order valence-corrected chi connectivity index (χ1v) is 8.15. The highest BCUT2D eigenvalue weighted by Crippen LogP contribution is 2.38. The van der Waals surface area contributed by atoms with Crippen LogP contribution in [0.1, 0.15) is 42.0 Å². The molecule has 1 N–H and O–H groups in total. The van der Waals surface area contributed by atoms with Crippen molar-refractivity contribution in [3.8, 4) is 0 Å². The van der Waals surface area contributed by atoms with E-state index in [0.29, 0.717) is 25.3 Å². The fraction of sp³-hybridized carbons (Fsp3) is 0.333. The normalized spacial score (nSPS) is 13.8. The summed E-state index contributed by atoms with van der Waals surface area (Å²) in [5, 5.41) is 2.96. The summed E-state index contributed by atoms with van der Waals surface area (Å²) in [6, 6.07) is 8.59. The molecule has 3 nitrogen and oxygen atoms in total. The number of halogens is 2. The molecule has 3 rings (SSSR count). The van der Waals surface area contributed by atoms with Gasteiger partial charge in [-0.05, 0) is 48.6 Å². The van der Waals surface area contributed by atoms with Crippen LogP contribution >= 0.6 is 11.6 Å². The van der Waals surface area contributed by atoms with E-state index in [1.807, 2.05) is 18.3 Å². The van der Waals surface area contributed by atoms with Crippen LogP contribution in [0.25, 0.3) is 0 Å². The van der Waals surface area contributed by atoms with Gasteiger partial charge < -0.3 is 5.32 Å². The second kappa shape index (κ2) is 7.09. The topological polar surface area (TPSA) is 42.0 Å². The smallest absolute Gasteiger partial charge is 0.220 e. The van der Waals surface area contributed by atoms with E-state index in [1.54, 1.807) is 12.1 Å². The largest absolute Gasteiger partial charge is 0.352 e. The van der Waals surface area contributed by atoms with Crippen LogP contribution < -0.4 is 5.32 Å². The van der Waals surface area contributed by atoms with Gasteiger partial charge in [0.1, 0.15) is 5.82 Å². The minimum Gasteiger partial charge on any atom is -0.352 e. The van der Waals surface area contributed by atoms with E-state index < -0.39 is 5.82 Å². The number of benzene rings is 1. The Bertz CT molecular complexity index is 699. The Morgan fingerprint density at radius 3 is 2.70 bits per heavy atom. The van der Waals surface area contributed by atoms with Crippen molar-refractivity contribution in [1.29, 1.82) is 0 Å².